The number of benzene rings is 2. The molecule has 2 aliphatic rings. The molecule has 27 heavy (non-hydrogen) atoms. The van der Waals surface area contributed by atoms with Gasteiger partial charge in [0.15, 0.2) is 0 Å². The molecule has 7 heteroatoms. The van der Waals surface area contributed by atoms with Crippen molar-refractivity contribution in [3.05, 3.63) is 65.2 Å². The first kappa shape index (κ1) is 17.2. The SMILES string of the molecule is CN1CCN(c2ccccc2C(=O)ON2C(=O)c3ccccc3C2=O)CC1. The van der Waals surface area contributed by atoms with Crippen molar-refractivity contribution in [2.24, 2.45) is 0 Å². The van der Waals surface area contributed by atoms with Crippen LogP contribution >= 0.6 is 0 Å². The predicted octanol–water partition coefficient (Wildman–Crippen LogP) is 1.81. The molecule has 0 atom stereocenters. The smallest absolute Gasteiger partial charge is 0.366 e. The first-order valence-electron chi connectivity index (χ1n) is 8.79. The van der Waals surface area contributed by atoms with E-state index in [4.69, 9.17) is 4.84 Å². The molecule has 7 nitrogen and oxygen atoms in total. The third-order valence-corrected chi connectivity index (χ3v) is 4.90. The normalized spacial score (nSPS) is 17.2. The van der Waals surface area contributed by atoms with Crippen LogP contribution in [-0.2, 0) is 4.84 Å². The van der Waals surface area contributed by atoms with Crippen LogP contribution in [0.3, 0.4) is 0 Å². The minimum absolute atomic E-state index is 0.239. The number of para-hydroxylation sites is 1. The van der Waals surface area contributed by atoms with E-state index in [-0.39, 0.29) is 11.1 Å². The monoisotopic (exact) mass is 365 g/mol. The molecule has 2 heterocycles. The van der Waals surface area contributed by atoms with Gasteiger partial charge in [-0.2, -0.15) is 0 Å². The van der Waals surface area contributed by atoms with Gasteiger partial charge in [0.05, 0.1) is 22.4 Å². The van der Waals surface area contributed by atoms with Crippen LogP contribution in [0.2, 0.25) is 0 Å². The molecule has 0 N–H and O–H groups in total. The van der Waals surface area contributed by atoms with Gasteiger partial charge in [0, 0.05) is 26.2 Å². The van der Waals surface area contributed by atoms with E-state index in [9.17, 15) is 14.4 Å². The van der Waals surface area contributed by atoms with E-state index < -0.39 is 17.8 Å². The van der Waals surface area contributed by atoms with Crippen molar-refractivity contribution in [1.82, 2.24) is 9.96 Å². The maximum atomic E-state index is 12.8. The highest BCUT2D eigenvalue weighted by Crippen LogP contribution is 2.26. The van der Waals surface area contributed by atoms with Crippen LogP contribution in [0, 0.1) is 0 Å². The second-order valence-electron chi connectivity index (χ2n) is 6.64. The molecule has 2 aromatic carbocycles. The Labute approximate surface area is 156 Å². The van der Waals surface area contributed by atoms with Crippen LogP contribution < -0.4 is 4.90 Å². The number of imide groups is 1. The molecule has 1 fully saturated rings. The van der Waals surface area contributed by atoms with E-state index in [1.54, 1.807) is 36.4 Å². The van der Waals surface area contributed by atoms with Gasteiger partial charge in [0.25, 0.3) is 11.8 Å². The highest BCUT2D eigenvalue weighted by atomic mass is 16.7. The van der Waals surface area contributed by atoms with Crippen molar-refractivity contribution in [2.45, 2.75) is 0 Å². The Kier molecular flexibility index (Phi) is 4.37. The fourth-order valence-corrected chi connectivity index (χ4v) is 3.35. The zero-order valence-corrected chi connectivity index (χ0v) is 14.9. The number of nitrogens with zero attached hydrogens (tertiary/aromatic N) is 3. The molecule has 0 unspecified atom stereocenters. The summed E-state index contributed by atoms with van der Waals surface area (Å²) in [6, 6.07) is 13.5. The molecule has 138 valence electrons. The molecule has 1 saturated heterocycles. The lowest BCUT2D eigenvalue weighted by molar-refractivity contribution is -0.0584. The van der Waals surface area contributed by atoms with Crippen molar-refractivity contribution >= 4 is 23.5 Å². The minimum Gasteiger partial charge on any atom is -0.368 e. The Balaban J connectivity index is 1.56. The van der Waals surface area contributed by atoms with Gasteiger partial charge in [-0.3, -0.25) is 9.59 Å². The van der Waals surface area contributed by atoms with Gasteiger partial charge in [-0.05, 0) is 31.3 Å². The van der Waals surface area contributed by atoms with Gasteiger partial charge in [-0.15, -0.1) is 0 Å². The van der Waals surface area contributed by atoms with Crippen molar-refractivity contribution in [3.8, 4) is 0 Å². The van der Waals surface area contributed by atoms with E-state index in [0.29, 0.717) is 10.6 Å². The van der Waals surface area contributed by atoms with E-state index >= 15 is 0 Å². The lowest BCUT2D eigenvalue weighted by Crippen LogP contribution is -2.45. The molecule has 4 rings (SSSR count). The van der Waals surface area contributed by atoms with Gasteiger partial charge >= 0.3 is 5.97 Å². The first-order chi connectivity index (χ1) is 13.1. The maximum absolute atomic E-state index is 12.8. The standard InChI is InChI=1S/C20H19N3O4/c1-21-10-12-22(13-11-21)17-9-5-4-8-16(17)20(26)27-23-18(24)14-6-2-3-7-15(14)19(23)25/h2-9H,10-13H2,1H3. The average Bonchev–Trinajstić information content (AvgIpc) is 2.94. The van der Waals surface area contributed by atoms with Crippen molar-refractivity contribution in [2.75, 3.05) is 38.1 Å². The number of piperazine rings is 1. The zero-order chi connectivity index (χ0) is 19.0. The Morgan fingerprint density at radius 3 is 2.04 bits per heavy atom. The Bertz CT molecular complexity index is 884. The van der Waals surface area contributed by atoms with Crippen molar-refractivity contribution < 1.29 is 19.2 Å². The van der Waals surface area contributed by atoms with Crippen LogP contribution in [0.4, 0.5) is 5.69 Å². The number of fused-ring (bicyclic) bond motifs is 1. The largest absolute Gasteiger partial charge is 0.368 e. The van der Waals surface area contributed by atoms with Crippen molar-refractivity contribution in [3.63, 3.8) is 0 Å². The summed E-state index contributed by atoms with van der Waals surface area (Å²) >= 11 is 0. The van der Waals surface area contributed by atoms with Crippen LogP contribution in [-0.4, -0.2) is 61.0 Å². The van der Waals surface area contributed by atoms with Gasteiger partial charge in [-0.1, -0.05) is 29.3 Å². The second kappa shape index (κ2) is 6.85. The number of rotatable bonds is 3. The Morgan fingerprint density at radius 2 is 1.41 bits per heavy atom. The number of carbonyl (C=O) groups excluding carboxylic acids is 3. The molecular weight excluding hydrogens is 346 g/mol. The number of hydrogen-bond acceptors (Lipinski definition) is 6. The van der Waals surface area contributed by atoms with Gasteiger partial charge in [0.1, 0.15) is 0 Å². The molecule has 2 aliphatic heterocycles. The summed E-state index contributed by atoms with van der Waals surface area (Å²) in [6.45, 7) is 3.35. The topological polar surface area (TPSA) is 70.2 Å². The summed E-state index contributed by atoms with van der Waals surface area (Å²) in [6.07, 6.45) is 0. The Morgan fingerprint density at radius 1 is 0.852 bits per heavy atom. The maximum Gasteiger partial charge on any atom is 0.366 e. The first-order valence-corrected chi connectivity index (χ1v) is 8.79. The number of amides is 2. The fourth-order valence-electron chi connectivity index (χ4n) is 3.35. The van der Waals surface area contributed by atoms with Gasteiger partial charge in [-0.25, -0.2) is 4.79 Å². The van der Waals surface area contributed by atoms with Gasteiger partial charge < -0.3 is 14.6 Å². The van der Waals surface area contributed by atoms with E-state index in [1.165, 1.54) is 0 Å². The molecule has 0 spiro atoms. The summed E-state index contributed by atoms with van der Waals surface area (Å²) < 4.78 is 0. The molecular formula is C20H19N3O4. The van der Waals surface area contributed by atoms with Crippen molar-refractivity contribution in [1.29, 1.82) is 0 Å². The number of hydrogen-bond donors (Lipinski definition) is 0. The van der Waals surface area contributed by atoms with Gasteiger partial charge in [0.2, 0.25) is 0 Å². The quantitative estimate of drug-likeness (QED) is 0.773. The van der Waals surface area contributed by atoms with E-state index in [0.717, 1.165) is 31.9 Å². The van der Waals surface area contributed by atoms with Crippen LogP contribution in [0.5, 0.6) is 0 Å². The predicted molar refractivity (Wildman–Crippen MR) is 98.5 cm³/mol. The lowest BCUT2D eigenvalue weighted by Gasteiger charge is -2.34. The second-order valence-corrected chi connectivity index (χ2v) is 6.64. The summed E-state index contributed by atoms with van der Waals surface area (Å²) in [5, 5.41) is 0.549. The molecule has 2 aromatic rings. The lowest BCUT2D eigenvalue weighted by atomic mass is 10.1. The van der Waals surface area contributed by atoms with E-state index in [2.05, 4.69) is 16.8 Å². The number of hydroxylamine groups is 2. The minimum atomic E-state index is -0.723. The third-order valence-electron chi connectivity index (χ3n) is 4.90. The van der Waals surface area contributed by atoms with Crippen LogP contribution in [0.15, 0.2) is 48.5 Å². The molecule has 2 amide bonds. The summed E-state index contributed by atoms with van der Waals surface area (Å²) in [5.74, 6) is -1.97. The van der Waals surface area contributed by atoms with Crippen LogP contribution in [0.25, 0.3) is 0 Å². The number of carbonyl (C=O) groups is 3. The Hall–Kier alpha value is -3.19. The molecule has 0 bridgehead atoms. The highest BCUT2D eigenvalue weighted by Gasteiger charge is 2.39. The summed E-state index contributed by atoms with van der Waals surface area (Å²) in [7, 11) is 2.06. The third kappa shape index (κ3) is 3.06. The number of likely N-dealkylation sites (N-methyl/N-ethyl adjacent to an activating group) is 1. The highest BCUT2D eigenvalue weighted by molar-refractivity contribution is 6.21. The fraction of sp³-hybridized carbons (Fsp3) is 0.250. The molecule has 0 radical (unpaired) electrons. The summed E-state index contributed by atoms with van der Waals surface area (Å²) in [4.78, 5) is 47.1. The van der Waals surface area contributed by atoms with E-state index in [1.807, 2.05) is 12.1 Å². The zero-order valence-electron chi connectivity index (χ0n) is 14.9. The molecule has 0 aromatic heterocycles. The van der Waals surface area contributed by atoms with Crippen LogP contribution in [0.1, 0.15) is 31.1 Å². The molecule has 0 saturated carbocycles. The number of anilines is 1. The molecule has 0 aliphatic carbocycles. The average molecular weight is 365 g/mol. The summed E-state index contributed by atoms with van der Waals surface area (Å²) in [5.41, 5.74) is 1.55.